The molecular weight excluding hydrogens is 244 g/mol. The molecule has 0 radical (unpaired) electrons. The summed E-state index contributed by atoms with van der Waals surface area (Å²) in [6.45, 7) is 12.5. The van der Waals surface area contributed by atoms with Crippen molar-refractivity contribution in [1.82, 2.24) is 9.80 Å². The van der Waals surface area contributed by atoms with E-state index in [2.05, 4.69) is 23.6 Å². The minimum atomic E-state index is 1.06. The maximum absolute atomic E-state index is 2.77. The van der Waals surface area contributed by atoms with Crippen LogP contribution < -0.4 is 0 Å². The number of unbranched alkanes of at least 4 members (excludes halogenated alkanes) is 3. The van der Waals surface area contributed by atoms with Crippen molar-refractivity contribution in [1.29, 1.82) is 0 Å². The predicted molar refractivity (Wildman–Crippen MR) is 88.1 cm³/mol. The van der Waals surface area contributed by atoms with Gasteiger partial charge >= 0.3 is 0 Å². The van der Waals surface area contributed by atoms with E-state index in [4.69, 9.17) is 0 Å². The molecule has 1 aliphatic heterocycles. The molecule has 1 saturated heterocycles. The summed E-state index contributed by atoms with van der Waals surface area (Å²) in [6.07, 6.45) is 11.7. The van der Waals surface area contributed by atoms with Crippen LogP contribution in [0.4, 0.5) is 0 Å². The molecule has 0 unspecified atom stereocenters. The van der Waals surface area contributed by atoms with E-state index in [0.29, 0.717) is 0 Å². The lowest BCUT2D eigenvalue weighted by molar-refractivity contribution is 0.288. The highest BCUT2D eigenvalue weighted by Crippen LogP contribution is 2.35. The molecule has 0 aromatic heterocycles. The molecule has 118 valence electrons. The largest absolute Gasteiger partial charge is 0.304 e. The van der Waals surface area contributed by atoms with E-state index in [0.717, 1.165) is 11.8 Å². The molecule has 20 heavy (non-hydrogen) atoms. The van der Waals surface area contributed by atoms with E-state index in [1.807, 2.05) is 0 Å². The highest BCUT2D eigenvalue weighted by molar-refractivity contribution is 4.86. The van der Waals surface area contributed by atoms with Gasteiger partial charge in [-0.2, -0.15) is 0 Å². The van der Waals surface area contributed by atoms with Crippen molar-refractivity contribution in [2.75, 3.05) is 39.3 Å². The van der Waals surface area contributed by atoms with Crippen molar-refractivity contribution in [3.05, 3.63) is 0 Å². The summed E-state index contributed by atoms with van der Waals surface area (Å²) < 4.78 is 0. The third-order valence-electron chi connectivity index (χ3n) is 5.65. The highest BCUT2D eigenvalue weighted by atomic mass is 15.2. The van der Waals surface area contributed by atoms with Crippen LogP contribution >= 0.6 is 0 Å². The minimum absolute atomic E-state index is 1.06. The summed E-state index contributed by atoms with van der Waals surface area (Å²) >= 11 is 0. The molecule has 2 aliphatic rings. The van der Waals surface area contributed by atoms with Crippen LogP contribution in [0.25, 0.3) is 0 Å². The smallest absolute Gasteiger partial charge is 0.00129 e. The van der Waals surface area contributed by atoms with Crippen LogP contribution in [0.3, 0.4) is 0 Å². The van der Waals surface area contributed by atoms with Gasteiger partial charge in [-0.05, 0) is 63.7 Å². The SMILES string of the molecule is CCN(CC)CCCCCCN1C[C@@H]2CCCC[C@H]2C1. The van der Waals surface area contributed by atoms with Crippen LogP contribution in [0.15, 0.2) is 0 Å². The fourth-order valence-electron chi connectivity index (χ4n) is 4.25. The van der Waals surface area contributed by atoms with Crippen LogP contribution in [-0.2, 0) is 0 Å². The van der Waals surface area contributed by atoms with Crippen LogP contribution in [0, 0.1) is 11.8 Å². The third kappa shape index (κ3) is 5.04. The van der Waals surface area contributed by atoms with Gasteiger partial charge in [0.2, 0.25) is 0 Å². The van der Waals surface area contributed by atoms with Crippen LogP contribution in [0.5, 0.6) is 0 Å². The standard InChI is InChI=1S/C18H36N2/c1-3-19(4-2)13-9-5-6-10-14-20-15-17-11-7-8-12-18(17)16-20/h17-18H,3-16H2,1-2H3/t17-,18-/m0/s1. The zero-order valence-corrected chi connectivity index (χ0v) is 13.9. The van der Waals surface area contributed by atoms with E-state index < -0.39 is 0 Å². The van der Waals surface area contributed by atoms with Crippen molar-refractivity contribution < 1.29 is 0 Å². The fourth-order valence-corrected chi connectivity index (χ4v) is 4.25. The molecular formula is C18H36N2. The Bertz CT molecular complexity index is 236. The van der Waals surface area contributed by atoms with Crippen LogP contribution in [0.2, 0.25) is 0 Å². The lowest BCUT2D eigenvalue weighted by Gasteiger charge is -2.23. The molecule has 2 heteroatoms. The number of rotatable bonds is 9. The predicted octanol–water partition coefficient (Wildman–Crippen LogP) is 4.01. The van der Waals surface area contributed by atoms with Gasteiger partial charge in [0.05, 0.1) is 0 Å². The topological polar surface area (TPSA) is 6.48 Å². The summed E-state index contributed by atoms with van der Waals surface area (Å²) in [7, 11) is 0. The molecule has 0 spiro atoms. The molecule has 1 saturated carbocycles. The highest BCUT2D eigenvalue weighted by Gasteiger charge is 2.33. The third-order valence-corrected chi connectivity index (χ3v) is 5.65. The normalized spacial score (nSPS) is 27.1. The van der Waals surface area contributed by atoms with Gasteiger partial charge in [-0.3, -0.25) is 0 Å². The minimum Gasteiger partial charge on any atom is -0.304 e. The first kappa shape index (κ1) is 16.3. The Balaban J connectivity index is 1.47. The first-order chi connectivity index (χ1) is 9.83. The van der Waals surface area contributed by atoms with Gasteiger partial charge in [0, 0.05) is 13.1 Å². The van der Waals surface area contributed by atoms with Crippen molar-refractivity contribution in [3.63, 3.8) is 0 Å². The molecule has 2 fully saturated rings. The average molecular weight is 280 g/mol. The second kappa shape index (κ2) is 9.04. The maximum Gasteiger partial charge on any atom is 0.00129 e. The number of fused-ring (bicyclic) bond motifs is 1. The maximum atomic E-state index is 2.77. The molecule has 0 aromatic rings. The van der Waals surface area contributed by atoms with Crippen LogP contribution in [-0.4, -0.2) is 49.1 Å². The van der Waals surface area contributed by atoms with Gasteiger partial charge in [0.1, 0.15) is 0 Å². The Morgan fingerprint density at radius 2 is 1.45 bits per heavy atom. The summed E-state index contributed by atoms with van der Waals surface area (Å²) in [5.41, 5.74) is 0. The van der Waals surface area contributed by atoms with E-state index in [9.17, 15) is 0 Å². The van der Waals surface area contributed by atoms with Crippen molar-refractivity contribution in [3.8, 4) is 0 Å². The zero-order chi connectivity index (χ0) is 14.2. The molecule has 2 atom stereocenters. The monoisotopic (exact) mass is 280 g/mol. The number of likely N-dealkylation sites (tertiary alicyclic amines) is 1. The Morgan fingerprint density at radius 1 is 0.850 bits per heavy atom. The van der Waals surface area contributed by atoms with Gasteiger partial charge in [0.25, 0.3) is 0 Å². The molecule has 0 amide bonds. The average Bonchev–Trinajstić information content (AvgIpc) is 2.89. The molecule has 2 nitrogen and oxygen atoms in total. The van der Waals surface area contributed by atoms with Crippen molar-refractivity contribution in [2.45, 2.75) is 65.2 Å². The molecule has 2 rings (SSSR count). The lowest BCUT2D eigenvalue weighted by atomic mass is 9.82. The second-order valence-electron chi connectivity index (χ2n) is 7.01. The summed E-state index contributed by atoms with van der Waals surface area (Å²) in [6, 6.07) is 0. The Labute approximate surface area is 126 Å². The zero-order valence-electron chi connectivity index (χ0n) is 13.9. The van der Waals surface area contributed by atoms with E-state index in [1.54, 1.807) is 0 Å². The van der Waals surface area contributed by atoms with Gasteiger partial charge in [0.15, 0.2) is 0 Å². The van der Waals surface area contributed by atoms with Crippen molar-refractivity contribution >= 4 is 0 Å². The van der Waals surface area contributed by atoms with Gasteiger partial charge in [-0.15, -0.1) is 0 Å². The molecule has 0 aromatic carbocycles. The van der Waals surface area contributed by atoms with Gasteiger partial charge < -0.3 is 9.80 Å². The Hall–Kier alpha value is -0.0800. The first-order valence-electron chi connectivity index (χ1n) is 9.28. The molecule has 1 heterocycles. The molecule has 0 bridgehead atoms. The Morgan fingerprint density at radius 3 is 2.05 bits per heavy atom. The molecule has 1 aliphatic carbocycles. The van der Waals surface area contributed by atoms with Crippen LogP contribution in [0.1, 0.15) is 65.2 Å². The molecule has 0 N–H and O–H groups in total. The fraction of sp³-hybridized carbons (Fsp3) is 1.00. The summed E-state index contributed by atoms with van der Waals surface area (Å²) in [5, 5.41) is 0. The van der Waals surface area contributed by atoms with E-state index in [1.165, 1.54) is 90.6 Å². The number of hydrogen-bond acceptors (Lipinski definition) is 2. The van der Waals surface area contributed by atoms with Gasteiger partial charge in [-0.1, -0.05) is 39.5 Å². The van der Waals surface area contributed by atoms with E-state index in [-0.39, 0.29) is 0 Å². The number of hydrogen-bond donors (Lipinski definition) is 0. The van der Waals surface area contributed by atoms with E-state index >= 15 is 0 Å². The summed E-state index contributed by atoms with van der Waals surface area (Å²) in [5.74, 6) is 2.12. The van der Waals surface area contributed by atoms with Gasteiger partial charge in [-0.25, -0.2) is 0 Å². The quantitative estimate of drug-likeness (QED) is 0.589. The Kier molecular flexibility index (Phi) is 7.37. The summed E-state index contributed by atoms with van der Waals surface area (Å²) in [4.78, 5) is 5.32. The second-order valence-corrected chi connectivity index (χ2v) is 7.01. The lowest BCUT2D eigenvalue weighted by Crippen LogP contribution is -2.24. The van der Waals surface area contributed by atoms with Crippen molar-refractivity contribution in [2.24, 2.45) is 11.8 Å². The first-order valence-corrected chi connectivity index (χ1v) is 9.28. The number of nitrogens with zero attached hydrogens (tertiary/aromatic N) is 2.